The number of morpholine rings is 1. The van der Waals surface area contributed by atoms with Gasteiger partial charge in [-0.25, -0.2) is 0 Å². The van der Waals surface area contributed by atoms with Gasteiger partial charge in [0.25, 0.3) is 0 Å². The highest BCUT2D eigenvalue weighted by molar-refractivity contribution is 6.30. The molecule has 0 saturated carbocycles. The predicted octanol–water partition coefficient (Wildman–Crippen LogP) is 1.56. The molecule has 21 heavy (non-hydrogen) atoms. The summed E-state index contributed by atoms with van der Waals surface area (Å²) in [6, 6.07) is 2.11. The van der Waals surface area contributed by atoms with E-state index in [9.17, 15) is 4.79 Å². The molecule has 2 aliphatic heterocycles. The molecule has 1 aromatic rings. The average molecular weight is 310 g/mol. The lowest BCUT2D eigenvalue weighted by atomic mass is 9.98. The Balaban J connectivity index is 1.68. The molecule has 0 spiro atoms. The number of hydrogen-bond acceptors (Lipinski definition) is 4. The van der Waals surface area contributed by atoms with Crippen LogP contribution in [-0.2, 0) is 16.1 Å². The standard InChI is InChI=1S/C15H20ClN3O2/c1-11(20)19-4-5-21-15-2-3-18(10-14(15)19)9-12-6-13(16)8-17-7-12/h6-8,14-15H,2-5,9-10H2,1H3/t14-,15-/m0/s1. The van der Waals surface area contributed by atoms with Crippen LogP contribution in [-0.4, -0.2) is 59.1 Å². The van der Waals surface area contributed by atoms with Gasteiger partial charge in [0.1, 0.15) is 0 Å². The van der Waals surface area contributed by atoms with Gasteiger partial charge in [0.15, 0.2) is 0 Å². The maximum Gasteiger partial charge on any atom is 0.219 e. The second-order valence-corrected chi connectivity index (χ2v) is 6.16. The molecule has 0 radical (unpaired) electrons. The third kappa shape index (κ3) is 3.36. The van der Waals surface area contributed by atoms with E-state index in [2.05, 4.69) is 9.88 Å². The van der Waals surface area contributed by atoms with Crippen molar-refractivity contribution in [2.75, 3.05) is 26.2 Å². The molecule has 2 saturated heterocycles. The summed E-state index contributed by atoms with van der Waals surface area (Å²) in [5.41, 5.74) is 1.10. The lowest BCUT2D eigenvalue weighted by Gasteiger charge is -2.46. The molecule has 2 atom stereocenters. The summed E-state index contributed by atoms with van der Waals surface area (Å²) in [4.78, 5) is 20.2. The fraction of sp³-hybridized carbons (Fsp3) is 0.600. The van der Waals surface area contributed by atoms with Crippen LogP contribution in [0, 0.1) is 0 Å². The number of piperidine rings is 1. The van der Waals surface area contributed by atoms with Crippen LogP contribution in [0.1, 0.15) is 18.9 Å². The van der Waals surface area contributed by atoms with E-state index in [1.807, 2.05) is 17.2 Å². The van der Waals surface area contributed by atoms with Gasteiger partial charge in [-0.15, -0.1) is 0 Å². The van der Waals surface area contributed by atoms with E-state index in [0.717, 1.165) is 31.6 Å². The van der Waals surface area contributed by atoms with E-state index >= 15 is 0 Å². The maximum absolute atomic E-state index is 11.8. The molecular formula is C15H20ClN3O2. The lowest BCUT2D eigenvalue weighted by Crippen LogP contribution is -2.60. The third-order valence-corrected chi connectivity index (χ3v) is 4.45. The minimum Gasteiger partial charge on any atom is -0.374 e. The smallest absolute Gasteiger partial charge is 0.219 e. The van der Waals surface area contributed by atoms with Crippen molar-refractivity contribution in [2.45, 2.75) is 32.0 Å². The van der Waals surface area contributed by atoms with Crippen molar-refractivity contribution in [2.24, 2.45) is 0 Å². The largest absolute Gasteiger partial charge is 0.374 e. The highest BCUT2D eigenvalue weighted by Gasteiger charge is 2.38. The first-order valence-corrected chi connectivity index (χ1v) is 7.72. The number of halogens is 1. The van der Waals surface area contributed by atoms with Gasteiger partial charge in [-0.3, -0.25) is 14.7 Å². The molecule has 5 nitrogen and oxygen atoms in total. The van der Waals surface area contributed by atoms with Crippen molar-refractivity contribution in [1.82, 2.24) is 14.8 Å². The Morgan fingerprint density at radius 3 is 3.10 bits per heavy atom. The van der Waals surface area contributed by atoms with E-state index < -0.39 is 0 Å². The molecule has 0 unspecified atom stereocenters. The maximum atomic E-state index is 11.8. The summed E-state index contributed by atoms with van der Waals surface area (Å²) in [5.74, 6) is 0.138. The summed E-state index contributed by atoms with van der Waals surface area (Å²) in [6.45, 7) is 5.61. The molecule has 2 fully saturated rings. The van der Waals surface area contributed by atoms with Gasteiger partial charge in [-0.05, 0) is 18.1 Å². The van der Waals surface area contributed by atoms with Crippen LogP contribution in [0.4, 0.5) is 0 Å². The Hall–Kier alpha value is -1.17. The van der Waals surface area contributed by atoms with Gasteiger partial charge in [-0.2, -0.15) is 0 Å². The van der Waals surface area contributed by atoms with Crippen LogP contribution >= 0.6 is 11.6 Å². The summed E-state index contributed by atoms with van der Waals surface area (Å²) in [6.07, 6.45) is 4.63. The van der Waals surface area contributed by atoms with Crippen molar-refractivity contribution in [3.05, 3.63) is 29.0 Å². The van der Waals surface area contributed by atoms with Crippen LogP contribution in [0.15, 0.2) is 18.5 Å². The first kappa shape index (κ1) is 14.8. The molecule has 0 aliphatic carbocycles. The summed E-state index contributed by atoms with van der Waals surface area (Å²) < 4.78 is 5.83. The van der Waals surface area contributed by atoms with Gasteiger partial charge >= 0.3 is 0 Å². The minimum absolute atomic E-state index is 0.138. The highest BCUT2D eigenvalue weighted by atomic mass is 35.5. The van der Waals surface area contributed by atoms with Crippen molar-refractivity contribution in [3.8, 4) is 0 Å². The molecule has 3 heterocycles. The zero-order valence-corrected chi connectivity index (χ0v) is 12.9. The monoisotopic (exact) mass is 309 g/mol. The third-order valence-electron chi connectivity index (χ3n) is 4.24. The number of carbonyl (C=O) groups is 1. The van der Waals surface area contributed by atoms with Gasteiger partial charge in [-0.1, -0.05) is 11.6 Å². The Morgan fingerprint density at radius 1 is 1.48 bits per heavy atom. The molecule has 3 rings (SSSR count). The molecule has 0 N–H and O–H groups in total. The van der Waals surface area contributed by atoms with Gasteiger partial charge in [0, 0.05) is 45.5 Å². The van der Waals surface area contributed by atoms with Crippen molar-refractivity contribution < 1.29 is 9.53 Å². The van der Waals surface area contributed by atoms with Crippen LogP contribution in [0.5, 0.6) is 0 Å². The Kier molecular flexibility index (Phi) is 4.42. The van der Waals surface area contributed by atoms with Crippen molar-refractivity contribution in [3.63, 3.8) is 0 Å². The fourth-order valence-corrected chi connectivity index (χ4v) is 3.47. The molecule has 0 bridgehead atoms. The number of pyridine rings is 1. The number of likely N-dealkylation sites (tertiary alicyclic amines) is 1. The topological polar surface area (TPSA) is 45.7 Å². The minimum atomic E-state index is 0.138. The van der Waals surface area contributed by atoms with Crippen LogP contribution < -0.4 is 0 Å². The number of fused-ring (bicyclic) bond motifs is 1. The van der Waals surface area contributed by atoms with E-state index in [-0.39, 0.29) is 18.1 Å². The predicted molar refractivity (Wildman–Crippen MR) is 80.1 cm³/mol. The van der Waals surface area contributed by atoms with Crippen LogP contribution in [0.25, 0.3) is 0 Å². The van der Waals surface area contributed by atoms with Crippen molar-refractivity contribution in [1.29, 1.82) is 0 Å². The van der Waals surface area contributed by atoms with E-state index in [1.165, 1.54) is 0 Å². The van der Waals surface area contributed by atoms with E-state index in [0.29, 0.717) is 18.2 Å². The summed E-state index contributed by atoms with van der Waals surface area (Å²) in [7, 11) is 0. The Bertz CT molecular complexity index is 525. The zero-order valence-electron chi connectivity index (χ0n) is 12.2. The Morgan fingerprint density at radius 2 is 2.33 bits per heavy atom. The Labute approximate surface area is 129 Å². The van der Waals surface area contributed by atoms with Crippen LogP contribution in [0.3, 0.4) is 0 Å². The van der Waals surface area contributed by atoms with E-state index in [1.54, 1.807) is 13.1 Å². The number of hydrogen-bond donors (Lipinski definition) is 0. The van der Waals surface area contributed by atoms with Gasteiger partial charge < -0.3 is 9.64 Å². The molecule has 114 valence electrons. The first-order chi connectivity index (χ1) is 10.1. The molecule has 6 heteroatoms. The molecule has 1 aromatic heterocycles. The number of rotatable bonds is 2. The molecular weight excluding hydrogens is 290 g/mol. The second-order valence-electron chi connectivity index (χ2n) is 5.72. The van der Waals surface area contributed by atoms with Crippen molar-refractivity contribution >= 4 is 17.5 Å². The second kappa shape index (κ2) is 6.30. The average Bonchev–Trinajstić information content (AvgIpc) is 2.46. The van der Waals surface area contributed by atoms with Gasteiger partial charge in [0.05, 0.1) is 23.8 Å². The van der Waals surface area contributed by atoms with Crippen LogP contribution in [0.2, 0.25) is 5.02 Å². The molecule has 1 amide bonds. The highest BCUT2D eigenvalue weighted by Crippen LogP contribution is 2.24. The fourth-order valence-electron chi connectivity index (χ4n) is 3.27. The summed E-state index contributed by atoms with van der Waals surface area (Å²) in [5, 5.41) is 0.661. The number of aromatic nitrogens is 1. The zero-order chi connectivity index (χ0) is 14.8. The normalized spacial score (nSPS) is 26.5. The quantitative estimate of drug-likeness (QED) is 0.832. The number of carbonyl (C=O) groups excluding carboxylic acids is 1. The number of nitrogens with zero attached hydrogens (tertiary/aromatic N) is 3. The lowest BCUT2D eigenvalue weighted by molar-refractivity contribution is -0.150. The SMILES string of the molecule is CC(=O)N1CCO[C@H]2CCN(Cc3cncc(Cl)c3)C[C@@H]21. The first-order valence-electron chi connectivity index (χ1n) is 7.34. The van der Waals surface area contributed by atoms with Gasteiger partial charge in [0.2, 0.25) is 5.91 Å². The number of amides is 1. The molecule has 0 aromatic carbocycles. The van der Waals surface area contributed by atoms with E-state index in [4.69, 9.17) is 16.3 Å². The number of ether oxygens (including phenoxy) is 1. The molecule has 2 aliphatic rings. The summed E-state index contributed by atoms with van der Waals surface area (Å²) >= 11 is 5.98.